The molecule has 1 aliphatic rings. The van der Waals surface area contributed by atoms with Gasteiger partial charge in [0, 0.05) is 19.8 Å². The predicted octanol–water partition coefficient (Wildman–Crippen LogP) is 2.48. The van der Waals surface area contributed by atoms with Crippen LogP contribution in [0.15, 0.2) is 18.2 Å². The first kappa shape index (κ1) is 22.4. The van der Waals surface area contributed by atoms with E-state index < -0.39 is 12.7 Å². The van der Waals surface area contributed by atoms with Crippen molar-refractivity contribution in [3.8, 4) is 11.5 Å². The summed E-state index contributed by atoms with van der Waals surface area (Å²) in [5.41, 5.74) is 6.72. The van der Waals surface area contributed by atoms with Crippen LogP contribution in [0.3, 0.4) is 0 Å². The van der Waals surface area contributed by atoms with Gasteiger partial charge in [0.25, 0.3) is 0 Å². The Balaban J connectivity index is 0.00000338. The quantitative estimate of drug-likeness (QED) is 0.707. The molecule has 9 heteroatoms. The molecule has 1 aliphatic heterocycles. The normalized spacial score (nSPS) is 15.9. The van der Waals surface area contributed by atoms with Crippen LogP contribution >= 0.6 is 12.4 Å². The molecule has 148 valence electrons. The Bertz CT molecular complexity index is 572. The molecule has 0 bridgehead atoms. The van der Waals surface area contributed by atoms with Gasteiger partial charge in [-0.3, -0.25) is 4.79 Å². The summed E-state index contributed by atoms with van der Waals surface area (Å²) >= 11 is 0. The van der Waals surface area contributed by atoms with Crippen molar-refractivity contribution in [2.24, 2.45) is 11.7 Å². The smallest absolute Gasteiger partial charge is 0.387 e. The van der Waals surface area contributed by atoms with Crippen molar-refractivity contribution in [1.29, 1.82) is 0 Å². The largest absolute Gasteiger partial charge is 0.490 e. The van der Waals surface area contributed by atoms with E-state index in [0.29, 0.717) is 25.4 Å². The fourth-order valence-electron chi connectivity index (χ4n) is 2.72. The molecule has 1 atom stereocenters. The summed E-state index contributed by atoms with van der Waals surface area (Å²) in [6, 6.07) is 3.98. The van der Waals surface area contributed by atoms with Crippen LogP contribution in [-0.4, -0.2) is 38.4 Å². The van der Waals surface area contributed by atoms with E-state index >= 15 is 0 Å². The molecule has 0 spiro atoms. The zero-order chi connectivity index (χ0) is 18.2. The number of nitrogens with one attached hydrogen (secondary N) is 1. The van der Waals surface area contributed by atoms with Crippen molar-refractivity contribution in [2.75, 3.05) is 19.8 Å². The van der Waals surface area contributed by atoms with Crippen molar-refractivity contribution in [1.82, 2.24) is 5.32 Å². The zero-order valence-electron chi connectivity index (χ0n) is 14.6. The maximum Gasteiger partial charge on any atom is 0.387 e. The molecular formula is C17H25ClF2N2O4. The molecule has 1 amide bonds. The molecule has 26 heavy (non-hydrogen) atoms. The van der Waals surface area contributed by atoms with Crippen molar-refractivity contribution in [2.45, 2.75) is 39.0 Å². The molecule has 1 aromatic rings. The summed E-state index contributed by atoms with van der Waals surface area (Å²) in [5.74, 6) is 0.0430. The van der Waals surface area contributed by atoms with Gasteiger partial charge in [0.05, 0.1) is 12.6 Å². The SMILES string of the molecule is CCOc1cc(CNC(=O)C(N)C2CCOCC2)ccc1OC(F)F.Cl. The van der Waals surface area contributed by atoms with E-state index in [9.17, 15) is 13.6 Å². The number of carbonyl (C=O) groups is 1. The highest BCUT2D eigenvalue weighted by Crippen LogP contribution is 2.30. The monoisotopic (exact) mass is 394 g/mol. The number of hydrogen-bond donors (Lipinski definition) is 2. The lowest BCUT2D eigenvalue weighted by atomic mass is 9.92. The highest BCUT2D eigenvalue weighted by molar-refractivity contribution is 5.85. The fraction of sp³-hybridized carbons (Fsp3) is 0.588. The maximum atomic E-state index is 12.4. The molecule has 1 unspecified atom stereocenters. The first-order valence-electron chi connectivity index (χ1n) is 8.32. The van der Waals surface area contributed by atoms with Gasteiger partial charge in [0.2, 0.25) is 5.91 Å². The minimum Gasteiger partial charge on any atom is -0.490 e. The number of carbonyl (C=O) groups excluding carboxylic acids is 1. The Kier molecular flexibility index (Phi) is 9.61. The van der Waals surface area contributed by atoms with E-state index in [-0.39, 0.29) is 42.3 Å². The van der Waals surface area contributed by atoms with E-state index in [0.717, 1.165) is 12.8 Å². The third-order valence-electron chi connectivity index (χ3n) is 4.07. The van der Waals surface area contributed by atoms with Crippen molar-refractivity contribution < 1.29 is 27.8 Å². The summed E-state index contributed by atoms with van der Waals surface area (Å²) in [6.45, 7) is 0.592. The molecule has 0 saturated carbocycles. The lowest BCUT2D eigenvalue weighted by Gasteiger charge is -2.26. The van der Waals surface area contributed by atoms with Crippen LogP contribution in [0.4, 0.5) is 8.78 Å². The Morgan fingerprint density at radius 2 is 2.04 bits per heavy atom. The second-order valence-corrected chi connectivity index (χ2v) is 5.79. The van der Waals surface area contributed by atoms with Crippen LogP contribution in [0.1, 0.15) is 25.3 Å². The van der Waals surface area contributed by atoms with Crippen LogP contribution in [0.25, 0.3) is 0 Å². The summed E-state index contributed by atoms with van der Waals surface area (Å²) in [7, 11) is 0. The Morgan fingerprint density at radius 3 is 2.65 bits per heavy atom. The summed E-state index contributed by atoms with van der Waals surface area (Å²) in [6.07, 6.45) is 1.53. The van der Waals surface area contributed by atoms with Gasteiger partial charge in [-0.25, -0.2) is 0 Å². The molecule has 1 fully saturated rings. The third kappa shape index (κ3) is 6.59. The molecule has 1 aromatic carbocycles. The number of hydrogen-bond acceptors (Lipinski definition) is 5. The van der Waals surface area contributed by atoms with Gasteiger partial charge in [-0.05, 0) is 43.4 Å². The number of alkyl halides is 2. The van der Waals surface area contributed by atoms with E-state index in [2.05, 4.69) is 10.1 Å². The second-order valence-electron chi connectivity index (χ2n) is 5.79. The van der Waals surface area contributed by atoms with E-state index in [1.54, 1.807) is 19.1 Å². The number of rotatable bonds is 8. The van der Waals surface area contributed by atoms with Crippen molar-refractivity contribution >= 4 is 18.3 Å². The second kappa shape index (κ2) is 11.2. The van der Waals surface area contributed by atoms with E-state index in [1.807, 2.05) is 0 Å². The van der Waals surface area contributed by atoms with Crippen LogP contribution in [0.5, 0.6) is 11.5 Å². The van der Waals surface area contributed by atoms with Crippen LogP contribution < -0.4 is 20.5 Å². The maximum absolute atomic E-state index is 12.4. The minimum absolute atomic E-state index is 0. The first-order chi connectivity index (χ1) is 12.0. The lowest BCUT2D eigenvalue weighted by molar-refractivity contribution is -0.124. The Labute approximate surface area is 157 Å². The summed E-state index contributed by atoms with van der Waals surface area (Å²) < 4.78 is 39.8. The molecular weight excluding hydrogens is 370 g/mol. The molecule has 1 saturated heterocycles. The van der Waals surface area contributed by atoms with Gasteiger partial charge in [-0.15, -0.1) is 12.4 Å². The number of benzene rings is 1. The molecule has 0 radical (unpaired) electrons. The van der Waals surface area contributed by atoms with E-state index in [4.69, 9.17) is 15.2 Å². The number of nitrogens with two attached hydrogens (primary N) is 1. The molecule has 3 N–H and O–H groups in total. The van der Waals surface area contributed by atoms with Gasteiger partial charge in [-0.1, -0.05) is 6.07 Å². The zero-order valence-corrected chi connectivity index (χ0v) is 15.4. The standard InChI is InChI=1S/C17H24F2N2O4.ClH/c1-2-24-14-9-11(3-4-13(14)25-17(18)19)10-21-16(22)15(20)12-5-7-23-8-6-12;/h3-4,9,12,15,17H,2,5-8,10,20H2,1H3,(H,21,22);1H. The average molecular weight is 395 g/mol. The topological polar surface area (TPSA) is 82.8 Å². The minimum atomic E-state index is -2.93. The lowest BCUT2D eigenvalue weighted by Crippen LogP contribution is -2.46. The number of ether oxygens (including phenoxy) is 3. The summed E-state index contributed by atoms with van der Waals surface area (Å²) in [5, 5.41) is 2.78. The van der Waals surface area contributed by atoms with Crippen LogP contribution in [0, 0.1) is 5.92 Å². The molecule has 0 aromatic heterocycles. The first-order valence-corrected chi connectivity index (χ1v) is 8.32. The predicted molar refractivity (Wildman–Crippen MR) is 94.9 cm³/mol. The highest BCUT2D eigenvalue weighted by atomic mass is 35.5. The highest BCUT2D eigenvalue weighted by Gasteiger charge is 2.26. The number of halogens is 3. The Hall–Kier alpha value is -1.64. The van der Waals surface area contributed by atoms with Gasteiger partial charge < -0.3 is 25.3 Å². The van der Waals surface area contributed by atoms with Crippen molar-refractivity contribution in [3.63, 3.8) is 0 Å². The van der Waals surface area contributed by atoms with Gasteiger partial charge in [0.15, 0.2) is 11.5 Å². The van der Waals surface area contributed by atoms with Gasteiger partial charge in [0.1, 0.15) is 0 Å². The van der Waals surface area contributed by atoms with Crippen LogP contribution in [0.2, 0.25) is 0 Å². The molecule has 0 aliphatic carbocycles. The Morgan fingerprint density at radius 1 is 1.35 bits per heavy atom. The van der Waals surface area contributed by atoms with E-state index in [1.165, 1.54) is 6.07 Å². The van der Waals surface area contributed by atoms with Gasteiger partial charge >= 0.3 is 6.61 Å². The molecule has 1 heterocycles. The fourth-order valence-corrected chi connectivity index (χ4v) is 2.72. The summed E-state index contributed by atoms with van der Waals surface area (Å²) in [4.78, 5) is 12.2. The van der Waals surface area contributed by atoms with Crippen LogP contribution in [-0.2, 0) is 16.1 Å². The average Bonchev–Trinajstić information content (AvgIpc) is 2.61. The van der Waals surface area contributed by atoms with Gasteiger partial charge in [-0.2, -0.15) is 8.78 Å². The van der Waals surface area contributed by atoms with Crippen molar-refractivity contribution in [3.05, 3.63) is 23.8 Å². The molecule has 2 rings (SSSR count). The third-order valence-corrected chi connectivity index (χ3v) is 4.07. The number of amides is 1. The molecule has 6 nitrogen and oxygen atoms in total.